The molecule has 1 aromatic rings. The lowest BCUT2D eigenvalue weighted by molar-refractivity contribution is -0.210. The molecule has 3 aliphatic rings. The SMILES string of the molecule is CC(=O)Oc1ccc2c(c1)C[C@]1(C)[C@@H](C)CCC3C(C)(C)CCC[C@]31O2. The molecule has 142 valence electrons. The molecule has 26 heavy (non-hydrogen) atoms. The summed E-state index contributed by atoms with van der Waals surface area (Å²) < 4.78 is 12.3. The molecule has 2 saturated carbocycles. The highest BCUT2D eigenvalue weighted by Crippen LogP contribution is 2.65. The lowest BCUT2D eigenvalue weighted by atomic mass is 9.44. The second-order valence-electron chi connectivity index (χ2n) is 9.82. The van der Waals surface area contributed by atoms with Gasteiger partial charge < -0.3 is 9.47 Å². The largest absolute Gasteiger partial charge is 0.486 e. The molecule has 3 heteroatoms. The van der Waals surface area contributed by atoms with Gasteiger partial charge in [0.05, 0.1) is 0 Å². The number of carbonyl (C=O) groups is 1. The van der Waals surface area contributed by atoms with Gasteiger partial charge in [0.25, 0.3) is 0 Å². The van der Waals surface area contributed by atoms with E-state index in [0.717, 1.165) is 18.6 Å². The van der Waals surface area contributed by atoms with E-state index < -0.39 is 0 Å². The fraction of sp³-hybridized carbons (Fsp3) is 0.696. The standard InChI is InChI=1S/C23H32O3/c1-15-7-10-20-21(3,4)11-6-12-23(20)22(15,5)14-17-13-18(25-16(2)24)8-9-19(17)26-23/h8-9,13,15,20H,6-7,10-12,14H2,1-5H3/t15-,20?,22+,23-/m0/s1. The maximum absolute atomic E-state index is 11.3. The molecule has 0 amide bonds. The number of ether oxygens (including phenoxy) is 2. The molecule has 0 aromatic heterocycles. The number of benzene rings is 1. The Morgan fingerprint density at radius 1 is 1.19 bits per heavy atom. The molecule has 0 saturated heterocycles. The summed E-state index contributed by atoms with van der Waals surface area (Å²) >= 11 is 0. The van der Waals surface area contributed by atoms with E-state index in [1.165, 1.54) is 38.2 Å². The monoisotopic (exact) mass is 356 g/mol. The number of hydrogen-bond acceptors (Lipinski definition) is 3. The number of rotatable bonds is 1. The van der Waals surface area contributed by atoms with E-state index in [0.29, 0.717) is 23.0 Å². The van der Waals surface area contributed by atoms with Gasteiger partial charge in [0.1, 0.15) is 17.1 Å². The van der Waals surface area contributed by atoms with Crippen LogP contribution in [0.1, 0.15) is 72.3 Å². The van der Waals surface area contributed by atoms with Crippen LogP contribution < -0.4 is 9.47 Å². The minimum Gasteiger partial charge on any atom is -0.486 e. The Balaban J connectivity index is 1.80. The summed E-state index contributed by atoms with van der Waals surface area (Å²) in [4.78, 5) is 11.3. The summed E-state index contributed by atoms with van der Waals surface area (Å²) in [6.07, 6.45) is 7.25. The highest BCUT2D eigenvalue weighted by molar-refractivity contribution is 5.69. The normalized spacial score (nSPS) is 37.6. The predicted molar refractivity (Wildman–Crippen MR) is 102 cm³/mol. The first-order chi connectivity index (χ1) is 12.2. The van der Waals surface area contributed by atoms with Crippen molar-refractivity contribution >= 4 is 5.97 Å². The van der Waals surface area contributed by atoms with Gasteiger partial charge in [-0.3, -0.25) is 4.79 Å². The Kier molecular flexibility index (Phi) is 3.95. The Labute approximate surface area is 157 Å². The van der Waals surface area contributed by atoms with E-state index in [-0.39, 0.29) is 17.0 Å². The molecule has 4 atom stereocenters. The first-order valence-electron chi connectivity index (χ1n) is 10.2. The Hall–Kier alpha value is -1.51. The molecule has 1 heterocycles. The number of hydrogen-bond donors (Lipinski definition) is 0. The van der Waals surface area contributed by atoms with Gasteiger partial charge in [0, 0.05) is 18.3 Å². The third-order valence-corrected chi connectivity index (χ3v) is 7.96. The first-order valence-corrected chi connectivity index (χ1v) is 10.2. The molecular weight excluding hydrogens is 324 g/mol. The van der Waals surface area contributed by atoms with E-state index >= 15 is 0 Å². The highest BCUT2D eigenvalue weighted by Gasteiger charge is 2.65. The van der Waals surface area contributed by atoms with Crippen LogP contribution in [0.2, 0.25) is 0 Å². The van der Waals surface area contributed by atoms with E-state index in [4.69, 9.17) is 9.47 Å². The second kappa shape index (κ2) is 5.74. The Bertz CT molecular complexity index is 737. The summed E-state index contributed by atoms with van der Waals surface area (Å²) in [5.41, 5.74) is 1.57. The third kappa shape index (κ3) is 2.42. The Morgan fingerprint density at radius 3 is 2.69 bits per heavy atom. The third-order valence-electron chi connectivity index (χ3n) is 7.96. The fourth-order valence-corrected chi connectivity index (χ4v) is 6.42. The molecule has 0 radical (unpaired) electrons. The molecule has 0 N–H and O–H groups in total. The van der Waals surface area contributed by atoms with E-state index in [2.05, 4.69) is 27.7 Å². The molecule has 2 aliphatic carbocycles. The van der Waals surface area contributed by atoms with Crippen LogP contribution in [0.4, 0.5) is 0 Å². The molecule has 3 nitrogen and oxygen atoms in total. The maximum Gasteiger partial charge on any atom is 0.308 e. The van der Waals surface area contributed by atoms with Crippen LogP contribution in [0.3, 0.4) is 0 Å². The molecule has 1 aromatic carbocycles. The van der Waals surface area contributed by atoms with Crippen molar-refractivity contribution in [3.05, 3.63) is 23.8 Å². The quantitative estimate of drug-likeness (QED) is 0.489. The molecule has 0 bridgehead atoms. The lowest BCUT2D eigenvalue weighted by Gasteiger charge is -2.66. The van der Waals surface area contributed by atoms with Crippen LogP contribution in [0, 0.1) is 22.7 Å². The van der Waals surface area contributed by atoms with Crippen molar-refractivity contribution in [2.24, 2.45) is 22.7 Å². The van der Waals surface area contributed by atoms with Crippen LogP contribution in [0.15, 0.2) is 18.2 Å². The van der Waals surface area contributed by atoms with Crippen LogP contribution in [-0.4, -0.2) is 11.6 Å². The van der Waals surface area contributed by atoms with Crippen molar-refractivity contribution in [1.29, 1.82) is 0 Å². The highest BCUT2D eigenvalue weighted by atomic mass is 16.5. The van der Waals surface area contributed by atoms with Gasteiger partial charge in [0.2, 0.25) is 0 Å². The molecule has 1 spiro atoms. The zero-order chi connectivity index (χ0) is 18.7. The van der Waals surface area contributed by atoms with Crippen LogP contribution >= 0.6 is 0 Å². The van der Waals surface area contributed by atoms with Gasteiger partial charge in [-0.25, -0.2) is 0 Å². The van der Waals surface area contributed by atoms with Crippen molar-refractivity contribution in [3.8, 4) is 11.5 Å². The van der Waals surface area contributed by atoms with Crippen molar-refractivity contribution in [3.63, 3.8) is 0 Å². The molecule has 4 rings (SSSR count). The maximum atomic E-state index is 11.3. The van der Waals surface area contributed by atoms with Gasteiger partial charge in [-0.15, -0.1) is 0 Å². The van der Waals surface area contributed by atoms with Gasteiger partial charge in [0.15, 0.2) is 0 Å². The van der Waals surface area contributed by atoms with Crippen LogP contribution in [0.25, 0.3) is 0 Å². The molecule has 1 aliphatic heterocycles. The van der Waals surface area contributed by atoms with E-state index in [9.17, 15) is 4.79 Å². The molecule has 1 unspecified atom stereocenters. The zero-order valence-corrected chi connectivity index (χ0v) is 16.9. The van der Waals surface area contributed by atoms with Gasteiger partial charge in [-0.05, 0) is 73.6 Å². The number of carbonyl (C=O) groups excluding carboxylic acids is 1. The smallest absolute Gasteiger partial charge is 0.308 e. The summed E-state index contributed by atoms with van der Waals surface area (Å²) in [5, 5.41) is 0. The summed E-state index contributed by atoms with van der Waals surface area (Å²) in [6.45, 7) is 11.2. The van der Waals surface area contributed by atoms with Gasteiger partial charge in [-0.2, -0.15) is 0 Å². The minimum absolute atomic E-state index is 0.0671. The Morgan fingerprint density at radius 2 is 1.96 bits per heavy atom. The van der Waals surface area contributed by atoms with Crippen LogP contribution in [0.5, 0.6) is 11.5 Å². The van der Waals surface area contributed by atoms with Gasteiger partial charge >= 0.3 is 5.97 Å². The summed E-state index contributed by atoms with van der Waals surface area (Å²) in [7, 11) is 0. The van der Waals surface area contributed by atoms with Crippen molar-refractivity contribution in [2.75, 3.05) is 0 Å². The second-order valence-corrected chi connectivity index (χ2v) is 9.82. The summed E-state index contributed by atoms with van der Waals surface area (Å²) in [6, 6.07) is 5.90. The average molecular weight is 357 g/mol. The predicted octanol–water partition coefficient (Wildman–Crippen LogP) is 5.55. The molecule has 2 fully saturated rings. The minimum atomic E-state index is -0.274. The van der Waals surface area contributed by atoms with E-state index in [1.807, 2.05) is 18.2 Å². The summed E-state index contributed by atoms with van der Waals surface area (Å²) in [5.74, 6) is 2.58. The first kappa shape index (κ1) is 17.9. The molecular formula is C23H32O3. The zero-order valence-electron chi connectivity index (χ0n) is 16.9. The fourth-order valence-electron chi connectivity index (χ4n) is 6.42. The number of fused-ring (bicyclic) bond motifs is 1. The van der Waals surface area contributed by atoms with Crippen LogP contribution in [-0.2, 0) is 11.2 Å². The van der Waals surface area contributed by atoms with Crippen molar-refractivity contribution in [1.82, 2.24) is 0 Å². The van der Waals surface area contributed by atoms with Crippen molar-refractivity contribution in [2.45, 2.75) is 78.7 Å². The average Bonchev–Trinajstić information content (AvgIpc) is 2.53. The number of esters is 1. The topological polar surface area (TPSA) is 35.5 Å². The lowest BCUT2D eigenvalue weighted by Crippen LogP contribution is -2.68. The van der Waals surface area contributed by atoms with E-state index in [1.54, 1.807) is 0 Å². The van der Waals surface area contributed by atoms with Gasteiger partial charge in [-0.1, -0.05) is 27.7 Å². The van der Waals surface area contributed by atoms with Crippen molar-refractivity contribution < 1.29 is 14.3 Å².